The molecule has 0 saturated carbocycles. The third-order valence-electron chi connectivity index (χ3n) is 2.43. The van der Waals surface area contributed by atoms with Gasteiger partial charge in [-0.1, -0.05) is 0 Å². The smallest absolute Gasteiger partial charge is 0 e. The largest absolute Gasteiger partial charge is 0.184 e. The van der Waals surface area contributed by atoms with Crippen LogP contribution in [0.4, 0.5) is 0 Å². The monoisotopic (exact) mass is 503 g/mol. The van der Waals surface area contributed by atoms with Gasteiger partial charge in [0.25, 0.3) is 0 Å². The third-order valence-corrected chi connectivity index (χ3v) is 2.43. The third kappa shape index (κ3) is 17.8. The van der Waals surface area contributed by atoms with Crippen LogP contribution >= 0.6 is 0 Å². The Morgan fingerprint density at radius 2 is 0.400 bits per heavy atom. The van der Waals surface area contributed by atoms with E-state index in [1.54, 1.807) is 0 Å². The maximum Gasteiger partial charge on any atom is 0 e. The Morgan fingerprint density at radius 1 is 0.240 bits per heavy atom. The normalized spacial score (nSPS) is 7.68. The molecule has 0 N–H and O–H groups in total. The van der Waals surface area contributed by atoms with Gasteiger partial charge in [-0.3, -0.25) is 0 Å². The summed E-state index contributed by atoms with van der Waals surface area (Å²) in [4.78, 5) is 0. The van der Waals surface area contributed by atoms with Crippen molar-refractivity contribution in [1.29, 1.82) is 0 Å². The number of hydrogen-bond donors (Lipinski definition) is 0. The molecule has 0 atom stereocenters. The molecule has 4 rings (SSSR count). The molecule has 0 unspecified atom stereocenters. The molecule has 25 heavy (non-hydrogen) atoms. The van der Waals surface area contributed by atoms with Crippen LogP contribution in [-0.2, 0) is 21.1 Å². The minimum absolute atomic E-state index is 0. The first-order chi connectivity index (χ1) is 12.0. The van der Waals surface area contributed by atoms with Gasteiger partial charge in [0.15, 0.2) is 0 Å². The molecule has 130 valence electrons. The maximum absolute atomic E-state index is 2.89. The molecule has 4 aromatic carbocycles. The molecule has 0 aliphatic carbocycles. The molecular formula is C24H20Pt-4. The summed E-state index contributed by atoms with van der Waals surface area (Å²) in [5, 5.41) is 0. The topological polar surface area (TPSA) is 0 Å². The van der Waals surface area contributed by atoms with Gasteiger partial charge in [-0.05, 0) is 0 Å². The predicted molar refractivity (Wildman–Crippen MR) is 101 cm³/mol. The Balaban J connectivity index is 0.000000303. The van der Waals surface area contributed by atoms with E-state index in [0.717, 1.165) is 0 Å². The molecule has 0 aromatic heterocycles. The van der Waals surface area contributed by atoms with Crippen molar-refractivity contribution in [3.05, 3.63) is 146 Å². The second-order valence-electron chi connectivity index (χ2n) is 4.31. The number of rotatable bonds is 0. The van der Waals surface area contributed by atoms with E-state index in [-0.39, 0.29) is 21.1 Å². The van der Waals surface area contributed by atoms with Crippen LogP contribution in [0.3, 0.4) is 0 Å². The first kappa shape index (κ1) is 22.6. The van der Waals surface area contributed by atoms with Crippen molar-refractivity contribution in [1.82, 2.24) is 0 Å². The molecule has 0 amide bonds. The van der Waals surface area contributed by atoms with E-state index in [9.17, 15) is 0 Å². The van der Waals surface area contributed by atoms with E-state index >= 15 is 0 Å². The van der Waals surface area contributed by atoms with Crippen LogP contribution in [0.15, 0.2) is 121 Å². The van der Waals surface area contributed by atoms with Crippen molar-refractivity contribution in [2.45, 2.75) is 0 Å². The van der Waals surface area contributed by atoms with Gasteiger partial charge in [-0.15, -0.1) is 0 Å². The van der Waals surface area contributed by atoms with Gasteiger partial charge < -0.3 is 0 Å². The van der Waals surface area contributed by atoms with Gasteiger partial charge in [0.2, 0.25) is 0 Å². The molecule has 0 nitrogen and oxygen atoms in total. The van der Waals surface area contributed by atoms with E-state index in [1.165, 1.54) is 0 Å². The Labute approximate surface area is 166 Å². The molecule has 4 aromatic rings. The number of benzene rings is 4. The molecule has 0 aliphatic rings. The zero-order valence-electron chi connectivity index (χ0n) is 13.9. The second-order valence-corrected chi connectivity index (χ2v) is 4.31. The van der Waals surface area contributed by atoms with Gasteiger partial charge in [0.05, 0.1) is 0 Å². The summed E-state index contributed by atoms with van der Waals surface area (Å²) in [5.74, 6) is 0. The summed E-state index contributed by atoms with van der Waals surface area (Å²) in [7, 11) is 0. The van der Waals surface area contributed by atoms with E-state index in [4.69, 9.17) is 0 Å². The molecule has 1 heteroatoms. The summed E-state index contributed by atoms with van der Waals surface area (Å²) in [6, 6.07) is 50.0. The van der Waals surface area contributed by atoms with Crippen LogP contribution < -0.4 is 0 Å². The van der Waals surface area contributed by atoms with Crippen LogP contribution in [0.25, 0.3) is 0 Å². The van der Waals surface area contributed by atoms with Crippen molar-refractivity contribution in [2.24, 2.45) is 0 Å². The van der Waals surface area contributed by atoms with Gasteiger partial charge in [-0.2, -0.15) is 146 Å². The van der Waals surface area contributed by atoms with E-state index in [2.05, 4.69) is 24.3 Å². The number of hydrogen-bond acceptors (Lipinski definition) is 0. The first-order valence-corrected chi connectivity index (χ1v) is 7.64. The van der Waals surface area contributed by atoms with Crippen molar-refractivity contribution in [2.75, 3.05) is 0 Å². The van der Waals surface area contributed by atoms with Gasteiger partial charge >= 0.3 is 0 Å². The zero-order valence-corrected chi connectivity index (χ0v) is 16.1. The average molecular weight is 504 g/mol. The quantitative estimate of drug-likeness (QED) is 0.261. The van der Waals surface area contributed by atoms with E-state index < -0.39 is 0 Å². The molecule has 0 heterocycles. The molecule has 0 spiro atoms. The predicted octanol–water partition coefficient (Wildman–Crippen LogP) is 5.94. The summed E-state index contributed by atoms with van der Waals surface area (Å²) in [6.45, 7) is 0. The Kier molecular flexibility index (Phi) is 17.7. The van der Waals surface area contributed by atoms with Crippen molar-refractivity contribution >= 4 is 0 Å². The molecule has 0 radical (unpaired) electrons. The minimum atomic E-state index is 0. The van der Waals surface area contributed by atoms with Crippen LogP contribution in [-0.4, -0.2) is 0 Å². The minimum Gasteiger partial charge on any atom is -0.184 e. The molecule has 0 saturated heterocycles. The average Bonchev–Trinajstić information content (AvgIpc) is 2.75. The fourth-order valence-corrected chi connectivity index (χ4v) is 1.37. The zero-order chi connectivity index (χ0) is 17.0. The van der Waals surface area contributed by atoms with Gasteiger partial charge in [0.1, 0.15) is 0 Å². The summed E-state index contributed by atoms with van der Waals surface area (Å²) in [6.07, 6.45) is 0. The maximum atomic E-state index is 2.89. The van der Waals surface area contributed by atoms with Crippen molar-refractivity contribution in [3.63, 3.8) is 0 Å². The van der Waals surface area contributed by atoms with Gasteiger partial charge in [-0.25, -0.2) is 0 Å². The Bertz CT molecular complexity index is 420. The van der Waals surface area contributed by atoms with E-state index in [0.29, 0.717) is 0 Å². The van der Waals surface area contributed by atoms with E-state index in [1.807, 2.05) is 121 Å². The Morgan fingerprint density at radius 3 is 0.440 bits per heavy atom. The van der Waals surface area contributed by atoms with Crippen LogP contribution in [0.2, 0.25) is 0 Å². The molecule has 0 bridgehead atoms. The SMILES string of the molecule is [Pt].[c-]1ccccc1.[c-]1ccccc1.[c-]1ccccc1.[c-]1ccccc1. The first-order valence-electron chi connectivity index (χ1n) is 7.64. The fraction of sp³-hybridized carbons (Fsp3) is 0. The second kappa shape index (κ2) is 19.6. The summed E-state index contributed by atoms with van der Waals surface area (Å²) in [5.41, 5.74) is 0. The fourth-order valence-electron chi connectivity index (χ4n) is 1.37. The molecule has 0 fully saturated rings. The Hall–Kier alpha value is -2.43. The van der Waals surface area contributed by atoms with Crippen LogP contribution in [0, 0.1) is 24.3 Å². The van der Waals surface area contributed by atoms with Crippen LogP contribution in [0.1, 0.15) is 0 Å². The molecule has 0 aliphatic heterocycles. The summed E-state index contributed by atoms with van der Waals surface area (Å²) >= 11 is 0. The van der Waals surface area contributed by atoms with Crippen molar-refractivity contribution < 1.29 is 21.1 Å². The van der Waals surface area contributed by atoms with Gasteiger partial charge in [0, 0.05) is 21.1 Å². The van der Waals surface area contributed by atoms with Crippen LogP contribution in [0.5, 0.6) is 0 Å². The molecular weight excluding hydrogens is 483 g/mol. The standard InChI is InChI=1S/4C6H5.Pt/c4*1-2-4-6-5-3-1;/h4*1-5H;/q4*-1;. The van der Waals surface area contributed by atoms with Crippen molar-refractivity contribution in [3.8, 4) is 0 Å². The summed E-state index contributed by atoms with van der Waals surface area (Å²) < 4.78 is 0.